The smallest absolute Gasteiger partial charge is 0.429 e. The van der Waals surface area contributed by atoms with Crippen molar-refractivity contribution < 1.29 is 18.7 Å². The molecule has 1 aromatic heterocycles. The van der Waals surface area contributed by atoms with E-state index in [1.807, 2.05) is 32.9 Å². The second-order valence-corrected chi connectivity index (χ2v) is 6.88. The lowest BCUT2D eigenvalue weighted by Gasteiger charge is -2.30. The van der Waals surface area contributed by atoms with Crippen LogP contribution in [0.1, 0.15) is 45.3 Å². The molecule has 0 unspecified atom stereocenters. The zero-order valence-corrected chi connectivity index (χ0v) is 13.2. The summed E-state index contributed by atoms with van der Waals surface area (Å²) in [6.07, 6.45) is 2.74. The van der Waals surface area contributed by atoms with Crippen LogP contribution < -0.4 is 0 Å². The third kappa shape index (κ3) is 2.96. The topological polar surface area (TPSA) is 63.0 Å². The molecule has 1 aliphatic heterocycles. The van der Waals surface area contributed by atoms with Crippen molar-refractivity contribution in [3.8, 4) is 0 Å². The SMILES string of the molecule is CC(C)(C)OC(=O)N1CCCN1C(=O)[C@H]1C[C@@H]1c1ccco1. The second-order valence-electron chi connectivity index (χ2n) is 6.88. The van der Waals surface area contributed by atoms with Crippen LogP contribution in [0.5, 0.6) is 0 Å². The van der Waals surface area contributed by atoms with Crippen molar-refractivity contribution in [1.29, 1.82) is 0 Å². The number of carbonyl (C=O) groups excluding carboxylic acids is 2. The van der Waals surface area contributed by atoms with E-state index in [0.29, 0.717) is 13.1 Å². The van der Waals surface area contributed by atoms with Crippen LogP contribution in [0, 0.1) is 5.92 Å². The summed E-state index contributed by atoms with van der Waals surface area (Å²) in [6, 6.07) is 3.73. The van der Waals surface area contributed by atoms with Crippen molar-refractivity contribution in [2.75, 3.05) is 13.1 Å². The monoisotopic (exact) mass is 306 g/mol. The molecule has 0 radical (unpaired) electrons. The molecular weight excluding hydrogens is 284 g/mol. The van der Waals surface area contributed by atoms with Gasteiger partial charge in [0.15, 0.2) is 0 Å². The zero-order chi connectivity index (χ0) is 15.9. The predicted octanol–water partition coefficient (Wildman–Crippen LogP) is 2.77. The van der Waals surface area contributed by atoms with Crippen molar-refractivity contribution in [3.05, 3.63) is 24.2 Å². The molecule has 0 spiro atoms. The van der Waals surface area contributed by atoms with Crippen LogP contribution in [-0.4, -0.2) is 40.7 Å². The fourth-order valence-electron chi connectivity index (χ4n) is 2.82. The van der Waals surface area contributed by atoms with Gasteiger partial charge in [-0.2, -0.15) is 0 Å². The molecule has 2 fully saturated rings. The molecule has 2 heterocycles. The molecule has 22 heavy (non-hydrogen) atoms. The Morgan fingerprint density at radius 1 is 1.27 bits per heavy atom. The van der Waals surface area contributed by atoms with Crippen LogP contribution in [0.3, 0.4) is 0 Å². The molecule has 1 saturated carbocycles. The van der Waals surface area contributed by atoms with Gasteiger partial charge in [0.25, 0.3) is 0 Å². The van der Waals surface area contributed by atoms with E-state index in [0.717, 1.165) is 18.6 Å². The highest BCUT2D eigenvalue weighted by Crippen LogP contribution is 2.49. The average molecular weight is 306 g/mol. The number of rotatable bonds is 2. The summed E-state index contributed by atoms with van der Waals surface area (Å²) in [7, 11) is 0. The number of hydrazine groups is 1. The summed E-state index contributed by atoms with van der Waals surface area (Å²) >= 11 is 0. The van der Waals surface area contributed by atoms with Gasteiger partial charge in [-0.05, 0) is 45.7 Å². The minimum atomic E-state index is -0.565. The van der Waals surface area contributed by atoms with E-state index < -0.39 is 11.7 Å². The molecule has 0 bridgehead atoms. The first-order valence-corrected chi connectivity index (χ1v) is 7.72. The van der Waals surface area contributed by atoms with Crippen molar-refractivity contribution in [2.24, 2.45) is 5.92 Å². The highest BCUT2D eigenvalue weighted by atomic mass is 16.6. The Labute approximate surface area is 130 Å². The number of amides is 2. The number of carbonyl (C=O) groups is 2. The van der Waals surface area contributed by atoms with E-state index in [1.165, 1.54) is 5.01 Å². The van der Waals surface area contributed by atoms with Gasteiger partial charge in [0, 0.05) is 19.0 Å². The van der Waals surface area contributed by atoms with E-state index in [2.05, 4.69) is 0 Å². The lowest BCUT2D eigenvalue weighted by molar-refractivity contribution is -0.144. The minimum Gasteiger partial charge on any atom is -0.469 e. The van der Waals surface area contributed by atoms with Crippen molar-refractivity contribution in [2.45, 2.75) is 45.1 Å². The van der Waals surface area contributed by atoms with Crippen LogP contribution in [0.4, 0.5) is 4.79 Å². The standard InChI is InChI=1S/C16H22N2O4/c1-16(2,3)22-15(20)18-8-5-7-17(18)14(19)12-10-11(12)13-6-4-9-21-13/h4,6,9,11-12H,5,7-8,10H2,1-3H3/t11-,12-/m0/s1. The number of hydrogen-bond acceptors (Lipinski definition) is 4. The third-order valence-electron chi connectivity index (χ3n) is 3.91. The molecule has 1 aromatic rings. The Hall–Kier alpha value is -1.98. The summed E-state index contributed by atoms with van der Waals surface area (Å²) in [5, 5.41) is 2.98. The first-order chi connectivity index (χ1) is 10.4. The van der Waals surface area contributed by atoms with Gasteiger partial charge in [-0.1, -0.05) is 0 Å². The molecule has 2 amide bonds. The van der Waals surface area contributed by atoms with E-state index >= 15 is 0 Å². The molecule has 6 heteroatoms. The molecular formula is C16H22N2O4. The van der Waals surface area contributed by atoms with E-state index in [9.17, 15) is 9.59 Å². The maximum atomic E-state index is 12.6. The number of furan rings is 1. The second kappa shape index (κ2) is 5.34. The molecule has 1 aliphatic carbocycles. The largest absolute Gasteiger partial charge is 0.469 e. The maximum absolute atomic E-state index is 12.6. The van der Waals surface area contributed by atoms with Gasteiger partial charge in [0.1, 0.15) is 11.4 Å². The van der Waals surface area contributed by atoms with Gasteiger partial charge in [-0.3, -0.25) is 4.79 Å². The van der Waals surface area contributed by atoms with E-state index in [-0.39, 0.29) is 17.7 Å². The number of ether oxygens (including phenoxy) is 1. The minimum absolute atomic E-state index is 0.00948. The Balaban J connectivity index is 1.64. The molecule has 2 atom stereocenters. The van der Waals surface area contributed by atoms with Crippen LogP contribution in [0.2, 0.25) is 0 Å². The van der Waals surface area contributed by atoms with Crippen LogP contribution in [-0.2, 0) is 9.53 Å². The normalized spacial score (nSPS) is 24.5. The van der Waals surface area contributed by atoms with Gasteiger partial charge in [-0.15, -0.1) is 0 Å². The van der Waals surface area contributed by atoms with E-state index in [4.69, 9.17) is 9.15 Å². The number of hydrogen-bond donors (Lipinski definition) is 0. The predicted molar refractivity (Wildman–Crippen MR) is 78.8 cm³/mol. The molecule has 120 valence electrons. The van der Waals surface area contributed by atoms with Gasteiger partial charge in [0.05, 0.1) is 12.2 Å². The van der Waals surface area contributed by atoms with Crippen LogP contribution in [0.25, 0.3) is 0 Å². The lowest BCUT2D eigenvalue weighted by atomic mass is 10.2. The first-order valence-electron chi connectivity index (χ1n) is 7.72. The van der Waals surface area contributed by atoms with Gasteiger partial charge in [0.2, 0.25) is 5.91 Å². The highest BCUT2D eigenvalue weighted by Gasteiger charge is 2.50. The van der Waals surface area contributed by atoms with Crippen LogP contribution >= 0.6 is 0 Å². The average Bonchev–Trinajstić information content (AvgIpc) is 2.89. The van der Waals surface area contributed by atoms with Crippen molar-refractivity contribution in [1.82, 2.24) is 10.0 Å². The van der Waals surface area contributed by atoms with Crippen molar-refractivity contribution >= 4 is 12.0 Å². The Bertz CT molecular complexity index is 561. The lowest BCUT2D eigenvalue weighted by Crippen LogP contribution is -2.47. The summed E-state index contributed by atoms with van der Waals surface area (Å²) in [6.45, 7) is 6.56. The van der Waals surface area contributed by atoms with Gasteiger partial charge < -0.3 is 9.15 Å². The molecule has 3 rings (SSSR count). The zero-order valence-electron chi connectivity index (χ0n) is 13.2. The third-order valence-corrected chi connectivity index (χ3v) is 3.91. The fourth-order valence-corrected chi connectivity index (χ4v) is 2.82. The Morgan fingerprint density at radius 2 is 2.00 bits per heavy atom. The van der Waals surface area contributed by atoms with E-state index in [1.54, 1.807) is 11.3 Å². The summed E-state index contributed by atoms with van der Waals surface area (Å²) in [5.41, 5.74) is -0.565. The quantitative estimate of drug-likeness (QED) is 0.843. The van der Waals surface area contributed by atoms with Gasteiger partial charge >= 0.3 is 6.09 Å². The molecule has 6 nitrogen and oxygen atoms in total. The molecule has 0 N–H and O–H groups in total. The molecule has 1 saturated heterocycles. The van der Waals surface area contributed by atoms with Gasteiger partial charge in [-0.25, -0.2) is 14.8 Å². The summed E-state index contributed by atoms with van der Waals surface area (Å²) in [5.74, 6) is 0.892. The Morgan fingerprint density at radius 3 is 2.64 bits per heavy atom. The van der Waals surface area contributed by atoms with Crippen LogP contribution in [0.15, 0.2) is 22.8 Å². The fraction of sp³-hybridized carbons (Fsp3) is 0.625. The summed E-state index contributed by atoms with van der Waals surface area (Å²) < 4.78 is 10.7. The number of nitrogens with zero attached hydrogens (tertiary/aromatic N) is 2. The molecule has 0 aromatic carbocycles. The first kappa shape index (κ1) is 14.9. The Kier molecular flexibility index (Phi) is 3.62. The highest BCUT2D eigenvalue weighted by molar-refractivity contribution is 5.85. The maximum Gasteiger partial charge on any atom is 0.429 e. The molecule has 2 aliphatic rings. The summed E-state index contributed by atoms with van der Waals surface area (Å²) in [4.78, 5) is 24.8. The van der Waals surface area contributed by atoms with Crippen molar-refractivity contribution in [3.63, 3.8) is 0 Å².